The zero-order chi connectivity index (χ0) is 22.4. The van der Waals surface area contributed by atoms with Crippen LogP contribution in [0.3, 0.4) is 0 Å². The molecule has 2 N–H and O–H groups in total. The van der Waals surface area contributed by atoms with Crippen LogP contribution in [0.25, 0.3) is 0 Å². The van der Waals surface area contributed by atoms with Crippen molar-refractivity contribution in [2.75, 3.05) is 5.32 Å². The number of alkyl halides is 3. The Bertz CT molecular complexity index is 1060. The lowest BCUT2D eigenvalue weighted by atomic mass is 10.0. The van der Waals surface area contributed by atoms with Crippen LogP contribution in [0, 0.1) is 0 Å². The van der Waals surface area contributed by atoms with Crippen LogP contribution in [-0.2, 0) is 17.4 Å². The smallest absolute Gasteiger partial charge is 0.340 e. The van der Waals surface area contributed by atoms with Crippen LogP contribution < -0.4 is 10.6 Å². The first kappa shape index (κ1) is 22.4. The lowest BCUT2D eigenvalue weighted by molar-refractivity contribution is -0.137. The fourth-order valence-electron chi connectivity index (χ4n) is 2.94. The number of carbonyl (C=O) groups excluding carboxylic acids is 2. The molecule has 160 valence electrons. The molecule has 31 heavy (non-hydrogen) atoms. The predicted octanol–water partition coefficient (Wildman–Crippen LogP) is 5.34. The first-order chi connectivity index (χ1) is 14.7. The van der Waals surface area contributed by atoms with Gasteiger partial charge in [-0.1, -0.05) is 60.1 Å². The second-order valence-electron chi connectivity index (χ2n) is 6.76. The van der Waals surface area contributed by atoms with Gasteiger partial charge < -0.3 is 10.6 Å². The monoisotopic (exact) mass is 446 g/mol. The van der Waals surface area contributed by atoms with Crippen molar-refractivity contribution in [2.24, 2.45) is 0 Å². The van der Waals surface area contributed by atoms with Gasteiger partial charge in [-0.05, 0) is 35.9 Å². The van der Waals surface area contributed by atoms with Crippen LogP contribution in [0.1, 0.15) is 21.5 Å². The van der Waals surface area contributed by atoms with Gasteiger partial charge in [0.15, 0.2) is 0 Å². The molecule has 3 aromatic rings. The lowest BCUT2D eigenvalue weighted by Crippen LogP contribution is -2.45. The fraction of sp³-hybridized carbons (Fsp3) is 0.130. The minimum atomic E-state index is -4.66. The third kappa shape index (κ3) is 6.08. The molecule has 4 nitrogen and oxygen atoms in total. The molecule has 0 aliphatic heterocycles. The average Bonchev–Trinajstić information content (AvgIpc) is 2.75. The summed E-state index contributed by atoms with van der Waals surface area (Å²) < 4.78 is 39.4. The van der Waals surface area contributed by atoms with Gasteiger partial charge in [0.1, 0.15) is 6.04 Å². The number of nitrogens with one attached hydrogen (secondary N) is 2. The highest BCUT2D eigenvalue weighted by atomic mass is 35.5. The van der Waals surface area contributed by atoms with Crippen LogP contribution in [0.5, 0.6) is 0 Å². The van der Waals surface area contributed by atoms with Crippen molar-refractivity contribution in [3.05, 3.63) is 101 Å². The number of carbonyl (C=O) groups is 2. The number of halogens is 4. The number of hydrogen-bond acceptors (Lipinski definition) is 2. The summed E-state index contributed by atoms with van der Waals surface area (Å²) in [6.07, 6.45) is -4.51. The number of anilines is 1. The summed E-state index contributed by atoms with van der Waals surface area (Å²) in [5.74, 6) is -1.12. The Hall–Kier alpha value is -3.32. The summed E-state index contributed by atoms with van der Waals surface area (Å²) in [5, 5.41) is 4.64. The van der Waals surface area contributed by atoms with E-state index in [1.807, 2.05) is 6.07 Å². The maximum absolute atomic E-state index is 13.1. The first-order valence-electron chi connectivity index (χ1n) is 9.31. The topological polar surface area (TPSA) is 58.2 Å². The van der Waals surface area contributed by atoms with Crippen LogP contribution in [0.15, 0.2) is 78.9 Å². The molecule has 8 heteroatoms. The number of rotatable bonds is 6. The summed E-state index contributed by atoms with van der Waals surface area (Å²) in [6.45, 7) is 0. The summed E-state index contributed by atoms with van der Waals surface area (Å²) in [6, 6.07) is 19.4. The van der Waals surface area contributed by atoms with Crippen molar-refractivity contribution in [2.45, 2.75) is 18.6 Å². The SMILES string of the molecule is O=C(N[C@@H](Cc1ccccc1)C(=O)Nc1ccc(Cl)c(C(F)(F)F)c1)c1ccccc1. The van der Waals surface area contributed by atoms with Crippen LogP contribution in [-0.4, -0.2) is 17.9 Å². The highest BCUT2D eigenvalue weighted by Gasteiger charge is 2.33. The fourth-order valence-corrected chi connectivity index (χ4v) is 3.16. The van der Waals surface area contributed by atoms with E-state index >= 15 is 0 Å². The van der Waals surface area contributed by atoms with Crippen molar-refractivity contribution in [1.29, 1.82) is 0 Å². The maximum Gasteiger partial charge on any atom is 0.417 e. The van der Waals surface area contributed by atoms with Crippen molar-refractivity contribution in [3.8, 4) is 0 Å². The molecule has 0 saturated heterocycles. The minimum Gasteiger partial charge on any atom is -0.340 e. The quantitative estimate of drug-likeness (QED) is 0.537. The van der Waals surface area contributed by atoms with E-state index in [1.54, 1.807) is 54.6 Å². The Kier molecular flexibility index (Phi) is 6.97. The summed E-state index contributed by atoms with van der Waals surface area (Å²) in [7, 11) is 0. The number of hydrogen-bond donors (Lipinski definition) is 2. The van der Waals surface area contributed by atoms with Crippen molar-refractivity contribution in [3.63, 3.8) is 0 Å². The van der Waals surface area contributed by atoms with E-state index in [0.29, 0.717) is 5.56 Å². The Morgan fingerprint density at radius 1 is 0.903 bits per heavy atom. The molecular weight excluding hydrogens is 429 g/mol. The van der Waals surface area contributed by atoms with Gasteiger partial charge in [-0.25, -0.2) is 0 Å². The Morgan fingerprint density at radius 3 is 2.13 bits per heavy atom. The number of amides is 2. The van der Waals surface area contributed by atoms with E-state index < -0.39 is 34.6 Å². The number of benzene rings is 3. The van der Waals surface area contributed by atoms with E-state index in [4.69, 9.17) is 11.6 Å². The van der Waals surface area contributed by atoms with Gasteiger partial charge in [0.25, 0.3) is 5.91 Å². The van der Waals surface area contributed by atoms with Crippen molar-refractivity contribution < 1.29 is 22.8 Å². The standard InChI is InChI=1S/C23H18ClF3N2O2/c24-19-12-11-17(14-18(19)23(25,26)27)28-22(31)20(13-15-7-3-1-4-8-15)29-21(30)16-9-5-2-6-10-16/h1-12,14,20H,13H2,(H,28,31)(H,29,30)/t20-/m0/s1. The van der Waals surface area contributed by atoms with Crippen LogP contribution >= 0.6 is 11.6 Å². The third-order valence-electron chi connectivity index (χ3n) is 4.48. The average molecular weight is 447 g/mol. The van der Waals surface area contributed by atoms with Gasteiger partial charge in [-0.2, -0.15) is 13.2 Å². The molecular formula is C23H18ClF3N2O2. The maximum atomic E-state index is 13.1. The van der Waals surface area contributed by atoms with Gasteiger partial charge in [0.2, 0.25) is 5.91 Å². The molecule has 0 spiro atoms. The molecule has 0 heterocycles. The van der Waals surface area contributed by atoms with Crippen LogP contribution in [0.2, 0.25) is 5.02 Å². The second-order valence-corrected chi connectivity index (χ2v) is 7.17. The van der Waals surface area contributed by atoms with Crippen molar-refractivity contribution in [1.82, 2.24) is 5.32 Å². The van der Waals surface area contributed by atoms with Crippen molar-refractivity contribution >= 4 is 29.1 Å². The van der Waals surface area contributed by atoms with E-state index in [-0.39, 0.29) is 12.1 Å². The first-order valence-corrected chi connectivity index (χ1v) is 9.69. The van der Waals surface area contributed by atoms with E-state index in [0.717, 1.165) is 17.7 Å². The normalized spacial score (nSPS) is 12.1. The molecule has 0 unspecified atom stereocenters. The minimum absolute atomic E-state index is 0.0752. The van der Waals surface area contributed by atoms with E-state index in [2.05, 4.69) is 10.6 Å². The van der Waals surface area contributed by atoms with Gasteiger partial charge in [-0.15, -0.1) is 0 Å². The van der Waals surface area contributed by atoms with Crippen LogP contribution in [0.4, 0.5) is 18.9 Å². The lowest BCUT2D eigenvalue weighted by Gasteiger charge is -2.19. The molecule has 0 saturated carbocycles. The van der Waals surface area contributed by atoms with Gasteiger partial charge in [0, 0.05) is 17.7 Å². The van der Waals surface area contributed by atoms with E-state index in [9.17, 15) is 22.8 Å². The van der Waals surface area contributed by atoms with Gasteiger partial charge in [-0.3, -0.25) is 9.59 Å². The summed E-state index contributed by atoms with van der Waals surface area (Å²) in [4.78, 5) is 25.5. The predicted molar refractivity (Wildman–Crippen MR) is 113 cm³/mol. The second kappa shape index (κ2) is 9.66. The van der Waals surface area contributed by atoms with Gasteiger partial charge in [0.05, 0.1) is 10.6 Å². The summed E-state index contributed by atoms with van der Waals surface area (Å²) >= 11 is 5.63. The Balaban J connectivity index is 1.83. The largest absolute Gasteiger partial charge is 0.417 e. The summed E-state index contributed by atoms with van der Waals surface area (Å²) in [5.41, 5.74) is 0.0101. The van der Waals surface area contributed by atoms with Gasteiger partial charge >= 0.3 is 6.18 Å². The molecule has 2 amide bonds. The molecule has 0 bridgehead atoms. The molecule has 3 aromatic carbocycles. The molecule has 0 radical (unpaired) electrons. The molecule has 0 aliphatic rings. The molecule has 0 aliphatic carbocycles. The Morgan fingerprint density at radius 2 is 1.52 bits per heavy atom. The molecule has 3 rings (SSSR count). The third-order valence-corrected chi connectivity index (χ3v) is 4.81. The zero-order valence-corrected chi connectivity index (χ0v) is 16.9. The zero-order valence-electron chi connectivity index (χ0n) is 16.1. The molecule has 0 fully saturated rings. The highest BCUT2D eigenvalue weighted by Crippen LogP contribution is 2.36. The molecule has 0 aromatic heterocycles. The Labute approximate surface area is 182 Å². The highest BCUT2D eigenvalue weighted by molar-refractivity contribution is 6.31. The molecule has 1 atom stereocenters. The van der Waals surface area contributed by atoms with E-state index in [1.165, 1.54) is 6.07 Å².